The molecule has 22 heavy (non-hydrogen) atoms. The van der Waals surface area contributed by atoms with E-state index in [2.05, 4.69) is 15.3 Å². The molecule has 2 aromatic rings. The molecular formula is C15H18N4O2S. The van der Waals surface area contributed by atoms with Crippen LogP contribution in [0.5, 0.6) is 0 Å². The first kappa shape index (κ1) is 14.9. The van der Waals surface area contributed by atoms with Crippen LogP contribution in [0.3, 0.4) is 0 Å². The smallest absolute Gasteiger partial charge is 0.243 e. The van der Waals surface area contributed by atoms with Gasteiger partial charge in [-0.1, -0.05) is 6.07 Å². The van der Waals surface area contributed by atoms with Gasteiger partial charge in [0.15, 0.2) is 0 Å². The Bertz CT molecular complexity index is 771. The zero-order valence-corrected chi connectivity index (χ0v) is 13.3. The highest BCUT2D eigenvalue weighted by molar-refractivity contribution is 7.89. The molecule has 0 aliphatic carbocycles. The van der Waals surface area contributed by atoms with Crippen LogP contribution in [0.1, 0.15) is 11.1 Å². The Morgan fingerprint density at radius 2 is 1.82 bits per heavy atom. The average molecular weight is 318 g/mol. The summed E-state index contributed by atoms with van der Waals surface area (Å²) in [7, 11) is -3.41. The second-order valence-corrected chi connectivity index (χ2v) is 7.42. The quantitative estimate of drug-likeness (QED) is 0.926. The summed E-state index contributed by atoms with van der Waals surface area (Å²) in [5.41, 5.74) is 2.07. The lowest BCUT2D eigenvalue weighted by atomic mass is 10.1. The largest absolute Gasteiger partial charge is 0.349 e. The molecule has 0 amide bonds. The van der Waals surface area contributed by atoms with Gasteiger partial charge in [0.25, 0.3) is 0 Å². The predicted octanol–water partition coefficient (Wildman–Crippen LogP) is 1.58. The van der Waals surface area contributed by atoms with Gasteiger partial charge >= 0.3 is 0 Å². The molecule has 1 aliphatic rings. The van der Waals surface area contributed by atoms with Crippen LogP contribution in [0.4, 0.5) is 5.95 Å². The third-order valence-electron chi connectivity index (χ3n) is 3.86. The number of aromatic nitrogens is 2. The van der Waals surface area contributed by atoms with Crippen molar-refractivity contribution in [2.75, 3.05) is 18.4 Å². The third-order valence-corrected chi connectivity index (χ3v) is 5.69. The first-order valence-electron chi connectivity index (χ1n) is 7.08. The van der Waals surface area contributed by atoms with Crippen LogP contribution in [-0.2, 0) is 10.0 Å². The Morgan fingerprint density at radius 1 is 1.14 bits per heavy atom. The van der Waals surface area contributed by atoms with Crippen molar-refractivity contribution in [3.8, 4) is 0 Å². The molecule has 116 valence electrons. The van der Waals surface area contributed by atoms with Gasteiger partial charge < -0.3 is 5.32 Å². The monoisotopic (exact) mass is 318 g/mol. The van der Waals surface area contributed by atoms with Crippen LogP contribution in [0.2, 0.25) is 0 Å². The summed E-state index contributed by atoms with van der Waals surface area (Å²) in [6, 6.07) is 7.02. The number of sulfonamides is 1. The van der Waals surface area contributed by atoms with Gasteiger partial charge in [-0.2, -0.15) is 4.31 Å². The predicted molar refractivity (Wildman–Crippen MR) is 84.1 cm³/mol. The molecule has 0 spiro atoms. The second kappa shape index (κ2) is 5.66. The van der Waals surface area contributed by atoms with Crippen molar-refractivity contribution >= 4 is 16.0 Å². The summed E-state index contributed by atoms with van der Waals surface area (Å²) >= 11 is 0. The van der Waals surface area contributed by atoms with Crippen LogP contribution in [0, 0.1) is 13.8 Å². The first-order valence-corrected chi connectivity index (χ1v) is 8.52. The highest BCUT2D eigenvalue weighted by atomic mass is 32.2. The van der Waals surface area contributed by atoms with E-state index in [0.717, 1.165) is 11.1 Å². The Hall–Kier alpha value is -1.99. The zero-order valence-electron chi connectivity index (χ0n) is 12.5. The maximum absolute atomic E-state index is 12.5. The number of rotatable bonds is 4. The summed E-state index contributed by atoms with van der Waals surface area (Å²) in [4.78, 5) is 8.51. The lowest BCUT2D eigenvalue weighted by Gasteiger charge is -2.38. The summed E-state index contributed by atoms with van der Waals surface area (Å²) < 4.78 is 26.6. The van der Waals surface area contributed by atoms with Gasteiger partial charge in [-0.25, -0.2) is 18.4 Å². The molecule has 3 rings (SSSR count). The maximum atomic E-state index is 12.5. The van der Waals surface area contributed by atoms with E-state index >= 15 is 0 Å². The van der Waals surface area contributed by atoms with Crippen LogP contribution in [0.15, 0.2) is 41.6 Å². The van der Waals surface area contributed by atoms with Gasteiger partial charge in [0.2, 0.25) is 16.0 Å². The number of anilines is 1. The molecule has 0 bridgehead atoms. The van der Waals surface area contributed by atoms with E-state index in [1.54, 1.807) is 30.6 Å². The lowest BCUT2D eigenvalue weighted by molar-refractivity contribution is 0.280. The van der Waals surface area contributed by atoms with E-state index in [0.29, 0.717) is 23.9 Å². The molecule has 0 unspecified atom stereocenters. The fourth-order valence-electron chi connectivity index (χ4n) is 2.31. The standard InChI is InChI=1S/C15H18N4O2S/c1-11-4-5-14(8-12(11)2)22(20,21)19-9-13(10-19)18-15-16-6-3-7-17-15/h3-8,13H,9-10H2,1-2H3,(H,16,17,18). The molecule has 6 nitrogen and oxygen atoms in total. The number of nitrogens with zero attached hydrogens (tertiary/aromatic N) is 3. The van der Waals surface area contributed by atoms with E-state index in [-0.39, 0.29) is 6.04 Å². The normalized spacial score (nSPS) is 16.3. The molecule has 1 N–H and O–H groups in total. The highest BCUT2D eigenvalue weighted by Crippen LogP contribution is 2.24. The second-order valence-electron chi connectivity index (χ2n) is 5.48. The molecule has 1 aliphatic heterocycles. The van der Waals surface area contributed by atoms with E-state index in [9.17, 15) is 8.42 Å². The molecule has 0 radical (unpaired) electrons. The number of hydrogen-bond donors (Lipinski definition) is 1. The first-order chi connectivity index (χ1) is 10.5. The summed E-state index contributed by atoms with van der Waals surface area (Å²) in [5.74, 6) is 0.524. The van der Waals surface area contributed by atoms with Gasteiger partial charge in [-0.05, 0) is 43.2 Å². The molecule has 1 fully saturated rings. The van der Waals surface area contributed by atoms with E-state index in [1.807, 2.05) is 19.9 Å². The highest BCUT2D eigenvalue weighted by Gasteiger charge is 2.37. The molecule has 1 aromatic heterocycles. The van der Waals surface area contributed by atoms with Gasteiger partial charge in [-0.15, -0.1) is 0 Å². The number of aryl methyl sites for hydroxylation is 2. The molecular weight excluding hydrogens is 300 g/mol. The topological polar surface area (TPSA) is 75.2 Å². The molecule has 1 aromatic carbocycles. The van der Waals surface area contributed by atoms with Gasteiger partial charge in [0.1, 0.15) is 0 Å². The van der Waals surface area contributed by atoms with E-state index in [1.165, 1.54) is 4.31 Å². The molecule has 0 atom stereocenters. The zero-order chi connectivity index (χ0) is 15.7. The minimum absolute atomic E-state index is 0.0451. The minimum Gasteiger partial charge on any atom is -0.349 e. The summed E-state index contributed by atoms with van der Waals surface area (Å²) in [5, 5.41) is 3.12. The van der Waals surface area contributed by atoms with Crippen LogP contribution < -0.4 is 5.32 Å². The van der Waals surface area contributed by atoms with Crippen molar-refractivity contribution in [1.29, 1.82) is 0 Å². The van der Waals surface area contributed by atoms with Crippen molar-refractivity contribution < 1.29 is 8.42 Å². The van der Waals surface area contributed by atoms with Gasteiger partial charge in [0, 0.05) is 25.5 Å². The Kier molecular flexibility index (Phi) is 3.84. The number of benzene rings is 1. The fourth-order valence-corrected chi connectivity index (χ4v) is 3.92. The molecule has 0 saturated carbocycles. The van der Waals surface area contributed by atoms with Gasteiger partial charge in [-0.3, -0.25) is 0 Å². The van der Waals surface area contributed by atoms with Crippen molar-refractivity contribution in [1.82, 2.24) is 14.3 Å². The molecule has 1 saturated heterocycles. The minimum atomic E-state index is -3.41. The Morgan fingerprint density at radius 3 is 2.45 bits per heavy atom. The fraction of sp³-hybridized carbons (Fsp3) is 0.333. The van der Waals surface area contributed by atoms with Crippen molar-refractivity contribution in [3.05, 3.63) is 47.8 Å². The Labute approximate surface area is 130 Å². The molecule has 2 heterocycles. The van der Waals surface area contributed by atoms with Crippen LogP contribution in [0.25, 0.3) is 0 Å². The maximum Gasteiger partial charge on any atom is 0.243 e. The Balaban J connectivity index is 1.67. The van der Waals surface area contributed by atoms with Crippen LogP contribution >= 0.6 is 0 Å². The van der Waals surface area contributed by atoms with Crippen molar-refractivity contribution in [3.63, 3.8) is 0 Å². The molecule has 7 heteroatoms. The van der Waals surface area contributed by atoms with E-state index < -0.39 is 10.0 Å². The van der Waals surface area contributed by atoms with E-state index in [4.69, 9.17) is 0 Å². The summed E-state index contributed by atoms with van der Waals surface area (Å²) in [6.45, 7) is 4.73. The average Bonchev–Trinajstić information content (AvgIpc) is 2.46. The summed E-state index contributed by atoms with van der Waals surface area (Å²) in [6.07, 6.45) is 3.30. The number of hydrogen-bond acceptors (Lipinski definition) is 5. The van der Waals surface area contributed by atoms with Crippen LogP contribution in [-0.4, -0.2) is 41.8 Å². The third kappa shape index (κ3) is 2.82. The van der Waals surface area contributed by atoms with Gasteiger partial charge in [0.05, 0.1) is 10.9 Å². The SMILES string of the molecule is Cc1ccc(S(=O)(=O)N2CC(Nc3ncccn3)C2)cc1C. The number of nitrogens with one attached hydrogen (secondary N) is 1. The lowest BCUT2D eigenvalue weighted by Crippen LogP contribution is -2.56. The van der Waals surface area contributed by atoms with Crippen molar-refractivity contribution in [2.24, 2.45) is 0 Å². The van der Waals surface area contributed by atoms with Crippen molar-refractivity contribution in [2.45, 2.75) is 24.8 Å².